The number of aryl methyl sites for hydroxylation is 1. The summed E-state index contributed by atoms with van der Waals surface area (Å²) >= 11 is 3.18. The minimum absolute atomic E-state index is 0.0313. The second-order valence-corrected chi connectivity index (χ2v) is 2.83. The first-order chi connectivity index (χ1) is 4.61. The van der Waals surface area contributed by atoms with E-state index in [9.17, 15) is 4.79 Å². The molecule has 0 aliphatic rings. The van der Waals surface area contributed by atoms with Gasteiger partial charge < -0.3 is 4.98 Å². The van der Waals surface area contributed by atoms with Gasteiger partial charge in [0.25, 0.3) is 0 Å². The summed E-state index contributed by atoms with van der Waals surface area (Å²) in [6.45, 7) is 3.29. The van der Waals surface area contributed by atoms with Gasteiger partial charge in [-0.15, -0.1) is 0 Å². The zero-order valence-corrected chi connectivity index (χ0v) is 7.32. The highest BCUT2D eigenvalue weighted by atomic mass is 79.9. The molecule has 0 saturated heterocycles. The summed E-state index contributed by atoms with van der Waals surface area (Å²) in [7, 11) is 0. The Hall–Kier alpha value is -0.640. The molecular formula is C6H7BrN2O. The van der Waals surface area contributed by atoms with Crippen LogP contribution in [0.3, 0.4) is 0 Å². The van der Waals surface area contributed by atoms with Gasteiger partial charge in [0, 0.05) is 6.92 Å². The Morgan fingerprint density at radius 2 is 2.30 bits per heavy atom. The molecule has 0 aliphatic heterocycles. The van der Waals surface area contributed by atoms with Gasteiger partial charge in [-0.2, -0.15) is 0 Å². The smallest absolute Gasteiger partial charge is 0.180 e. The molecule has 1 N–H and O–H groups in total. The average Bonchev–Trinajstić information content (AvgIpc) is 2.10. The molecule has 0 fully saturated rings. The first-order valence-corrected chi connectivity index (χ1v) is 3.63. The van der Waals surface area contributed by atoms with Gasteiger partial charge in [0.05, 0.1) is 0 Å². The van der Waals surface area contributed by atoms with Crippen LogP contribution in [0.15, 0.2) is 4.60 Å². The van der Waals surface area contributed by atoms with Gasteiger partial charge in [-0.1, -0.05) is 0 Å². The van der Waals surface area contributed by atoms with Crippen molar-refractivity contribution in [2.45, 2.75) is 13.8 Å². The van der Waals surface area contributed by atoms with Crippen molar-refractivity contribution in [1.82, 2.24) is 9.97 Å². The number of H-pyrrole nitrogens is 1. The van der Waals surface area contributed by atoms with E-state index in [2.05, 4.69) is 25.9 Å². The monoisotopic (exact) mass is 202 g/mol. The molecule has 0 spiro atoms. The van der Waals surface area contributed by atoms with Crippen LogP contribution in [-0.4, -0.2) is 15.8 Å². The Kier molecular flexibility index (Phi) is 1.89. The van der Waals surface area contributed by atoms with E-state index in [-0.39, 0.29) is 5.78 Å². The number of Topliss-reactive ketones (excluding diaryl/α,β-unsaturated/α-hetero) is 1. The van der Waals surface area contributed by atoms with Crippen molar-refractivity contribution in [3.63, 3.8) is 0 Å². The number of rotatable bonds is 1. The summed E-state index contributed by atoms with van der Waals surface area (Å²) < 4.78 is 0.664. The predicted molar refractivity (Wildman–Crippen MR) is 41.0 cm³/mol. The molecule has 10 heavy (non-hydrogen) atoms. The predicted octanol–water partition coefficient (Wildman–Crippen LogP) is 1.68. The van der Waals surface area contributed by atoms with Crippen LogP contribution in [0, 0.1) is 6.92 Å². The first kappa shape index (κ1) is 7.47. The molecule has 0 atom stereocenters. The molecule has 0 aliphatic carbocycles. The third kappa shape index (κ3) is 1.26. The molecule has 4 heteroatoms. The average molecular weight is 203 g/mol. The van der Waals surface area contributed by atoms with E-state index in [4.69, 9.17) is 0 Å². The summed E-state index contributed by atoms with van der Waals surface area (Å²) in [6, 6.07) is 0. The highest BCUT2D eigenvalue weighted by Gasteiger charge is 2.08. The molecule has 1 heterocycles. The van der Waals surface area contributed by atoms with E-state index < -0.39 is 0 Å². The summed E-state index contributed by atoms with van der Waals surface area (Å²) in [5.74, 6) is 0.716. The van der Waals surface area contributed by atoms with Gasteiger partial charge >= 0.3 is 0 Å². The number of ketones is 1. The number of nitrogens with one attached hydrogen (secondary N) is 1. The van der Waals surface area contributed by atoms with Crippen LogP contribution >= 0.6 is 15.9 Å². The van der Waals surface area contributed by atoms with Crippen molar-refractivity contribution in [3.8, 4) is 0 Å². The topological polar surface area (TPSA) is 45.8 Å². The maximum absolute atomic E-state index is 10.8. The second-order valence-electron chi connectivity index (χ2n) is 2.04. The highest BCUT2D eigenvalue weighted by molar-refractivity contribution is 9.10. The van der Waals surface area contributed by atoms with Crippen LogP contribution in [0.4, 0.5) is 0 Å². The van der Waals surface area contributed by atoms with Gasteiger partial charge in [-0.3, -0.25) is 4.79 Å². The van der Waals surface area contributed by atoms with Crippen molar-refractivity contribution in [2.75, 3.05) is 0 Å². The molecular weight excluding hydrogens is 196 g/mol. The number of carbonyl (C=O) groups excluding carboxylic acids is 1. The maximum Gasteiger partial charge on any atom is 0.180 e. The van der Waals surface area contributed by atoms with E-state index in [1.165, 1.54) is 6.92 Å². The zero-order chi connectivity index (χ0) is 7.72. The van der Waals surface area contributed by atoms with Crippen LogP contribution in [0.2, 0.25) is 0 Å². The number of imidazole rings is 1. The van der Waals surface area contributed by atoms with Crippen molar-refractivity contribution in [1.29, 1.82) is 0 Å². The molecule has 0 amide bonds. The van der Waals surface area contributed by atoms with Crippen molar-refractivity contribution in [2.24, 2.45) is 0 Å². The van der Waals surface area contributed by atoms with Crippen LogP contribution in [0.5, 0.6) is 0 Å². The zero-order valence-electron chi connectivity index (χ0n) is 5.73. The lowest BCUT2D eigenvalue weighted by Crippen LogP contribution is -1.92. The number of halogens is 1. The van der Waals surface area contributed by atoms with Gasteiger partial charge in [0.2, 0.25) is 0 Å². The van der Waals surface area contributed by atoms with E-state index in [1.807, 2.05) is 0 Å². The minimum Gasteiger partial charge on any atom is -0.336 e. The van der Waals surface area contributed by atoms with E-state index in [0.29, 0.717) is 10.3 Å². The van der Waals surface area contributed by atoms with Gasteiger partial charge in [0.15, 0.2) is 5.78 Å². The Balaban J connectivity index is 3.15. The molecule has 54 valence electrons. The minimum atomic E-state index is -0.0313. The van der Waals surface area contributed by atoms with E-state index >= 15 is 0 Å². The number of hydrogen-bond acceptors (Lipinski definition) is 2. The molecule has 1 aromatic heterocycles. The van der Waals surface area contributed by atoms with Crippen LogP contribution in [0.25, 0.3) is 0 Å². The Morgan fingerprint density at radius 3 is 2.50 bits per heavy atom. The maximum atomic E-state index is 10.8. The van der Waals surface area contributed by atoms with Gasteiger partial charge in [-0.05, 0) is 22.9 Å². The molecule has 0 saturated carbocycles. The van der Waals surface area contributed by atoms with Crippen LogP contribution in [0.1, 0.15) is 23.2 Å². The van der Waals surface area contributed by atoms with Crippen LogP contribution < -0.4 is 0 Å². The fourth-order valence-corrected chi connectivity index (χ4v) is 1.35. The molecule has 0 radical (unpaired) electrons. The number of aromatic amines is 1. The lowest BCUT2D eigenvalue weighted by molar-refractivity contribution is 0.101. The quantitative estimate of drug-likeness (QED) is 0.705. The first-order valence-electron chi connectivity index (χ1n) is 2.84. The lowest BCUT2D eigenvalue weighted by Gasteiger charge is -1.84. The third-order valence-corrected chi connectivity index (χ3v) is 1.69. The van der Waals surface area contributed by atoms with Gasteiger partial charge in [-0.25, -0.2) is 4.98 Å². The molecule has 0 unspecified atom stereocenters. The number of carbonyl (C=O) groups is 1. The fraction of sp³-hybridized carbons (Fsp3) is 0.333. The summed E-state index contributed by atoms with van der Waals surface area (Å²) in [5.41, 5.74) is 0.470. The van der Waals surface area contributed by atoms with Gasteiger partial charge in [0.1, 0.15) is 16.1 Å². The highest BCUT2D eigenvalue weighted by Crippen LogP contribution is 2.12. The summed E-state index contributed by atoms with van der Waals surface area (Å²) in [5, 5.41) is 0. The van der Waals surface area contributed by atoms with Crippen molar-refractivity contribution in [3.05, 3.63) is 16.1 Å². The largest absolute Gasteiger partial charge is 0.336 e. The summed E-state index contributed by atoms with van der Waals surface area (Å²) in [6.07, 6.45) is 0. The Bertz CT molecular complexity index is 267. The Morgan fingerprint density at radius 1 is 1.70 bits per heavy atom. The lowest BCUT2D eigenvalue weighted by atomic mass is 10.3. The number of aromatic nitrogens is 2. The van der Waals surface area contributed by atoms with E-state index in [0.717, 1.165) is 5.82 Å². The number of nitrogens with zero attached hydrogens (tertiary/aromatic N) is 1. The molecule has 1 aromatic rings. The standard InChI is InChI=1S/C6H7BrN2O/c1-3(10)5-6(7)9-4(2)8-5/h1-2H3,(H,8,9). The molecule has 3 nitrogen and oxygen atoms in total. The number of hydrogen-bond donors (Lipinski definition) is 1. The SMILES string of the molecule is CC(=O)c1nc(C)[nH]c1Br. The molecule has 1 rings (SSSR count). The molecule has 0 bridgehead atoms. The fourth-order valence-electron chi connectivity index (χ4n) is 0.696. The third-order valence-electron chi connectivity index (χ3n) is 1.11. The molecule has 0 aromatic carbocycles. The summed E-state index contributed by atoms with van der Waals surface area (Å²) in [4.78, 5) is 17.6. The van der Waals surface area contributed by atoms with Crippen molar-refractivity contribution >= 4 is 21.7 Å². The normalized spacial score (nSPS) is 9.90. The van der Waals surface area contributed by atoms with E-state index in [1.54, 1.807) is 6.92 Å². The second kappa shape index (κ2) is 2.54. The Labute approximate surface area is 67.0 Å². The van der Waals surface area contributed by atoms with Crippen molar-refractivity contribution < 1.29 is 4.79 Å². The van der Waals surface area contributed by atoms with Crippen LogP contribution in [-0.2, 0) is 0 Å².